The number of fused-ring (bicyclic) bond motifs is 1. The Hall–Kier alpha value is -2.68. The van der Waals surface area contributed by atoms with Crippen molar-refractivity contribution in [3.05, 3.63) is 34.7 Å². The van der Waals surface area contributed by atoms with Crippen LogP contribution in [0, 0.1) is 0 Å². The molecule has 0 radical (unpaired) electrons. The third-order valence-corrected chi connectivity index (χ3v) is 4.00. The van der Waals surface area contributed by atoms with Gasteiger partial charge in [0, 0.05) is 6.08 Å². The normalized spacial score (nSPS) is 20.8. The second kappa shape index (κ2) is 6.61. The zero-order chi connectivity index (χ0) is 16.2. The molecule has 8 nitrogen and oxygen atoms in total. The van der Waals surface area contributed by atoms with E-state index < -0.39 is 11.5 Å². The highest BCUT2D eigenvalue weighted by molar-refractivity contribution is 8.05. The third-order valence-electron chi connectivity index (χ3n) is 2.98. The maximum absolute atomic E-state index is 11.7. The third kappa shape index (κ3) is 3.57. The fraction of sp³-hybridized carbons (Fsp3) is 0.214. The lowest BCUT2D eigenvalue weighted by Crippen LogP contribution is -2.34. The number of amides is 1. The summed E-state index contributed by atoms with van der Waals surface area (Å²) in [4.78, 5) is 23.1. The Morgan fingerprint density at radius 3 is 3.13 bits per heavy atom. The summed E-state index contributed by atoms with van der Waals surface area (Å²) in [7, 11) is 1.25. The molecule has 1 saturated heterocycles. The molecule has 1 fully saturated rings. The first-order chi connectivity index (χ1) is 11.2. The first-order valence-electron chi connectivity index (χ1n) is 6.61. The number of carbonyl (C=O) groups is 2. The summed E-state index contributed by atoms with van der Waals surface area (Å²) >= 11 is 1.15. The van der Waals surface area contributed by atoms with Crippen LogP contribution >= 0.6 is 11.8 Å². The van der Waals surface area contributed by atoms with Gasteiger partial charge in [-0.25, -0.2) is 4.79 Å². The number of thioether (sulfide) groups is 1. The Morgan fingerprint density at radius 2 is 2.30 bits per heavy atom. The van der Waals surface area contributed by atoms with E-state index in [1.807, 2.05) is 6.07 Å². The van der Waals surface area contributed by atoms with Gasteiger partial charge in [-0.05, 0) is 23.8 Å². The van der Waals surface area contributed by atoms with Crippen molar-refractivity contribution < 1.29 is 23.8 Å². The lowest BCUT2D eigenvalue weighted by atomic mass is 10.2. The quantitative estimate of drug-likeness (QED) is 0.359. The number of ether oxygens (including phenoxy) is 3. The van der Waals surface area contributed by atoms with Crippen molar-refractivity contribution in [3.8, 4) is 11.5 Å². The Kier molecular flexibility index (Phi) is 4.38. The van der Waals surface area contributed by atoms with Crippen LogP contribution in [0.5, 0.6) is 11.5 Å². The molecule has 2 aliphatic heterocycles. The molecule has 3 rings (SSSR count). The number of hydrogen-bond donors (Lipinski definition) is 2. The first-order valence-corrected chi connectivity index (χ1v) is 7.49. The van der Waals surface area contributed by atoms with Crippen LogP contribution in [0.2, 0.25) is 0 Å². The van der Waals surface area contributed by atoms with Gasteiger partial charge >= 0.3 is 5.97 Å². The van der Waals surface area contributed by atoms with Gasteiger partial charge in [0.15, 0.2) is 17.0 Å². The SMILES string of the molecule is COC(=O)/C=C1/SC(N/N=C/c2ccc3c(c2)OCO3)NC1=O. The fourth-order valence-electron chi connectivity index (χ4n) is 1.90. The van der Waals surface area contributed by atoms with Crippen LogP contribution in [-0.4, -0.2) is 37.5 Å². The fourth-order valence-corrected chi connectivity index (χ4v) is 2.76. The number of nitrogens with one attached hydrogen (secondary N) is 2. The van der Waals surface area contributed by atoms with Crippen molar-refractivity contribution >= 4 is 29.9 Å². The lowest BCUT2D eigenvalue weighted by Gasteiger charge is -2.06. The topological polar surface area (TPSA) is 98.2 Å². The zero-order valence-electron chi connectivity index (χ0n) is 12.1. The van der Waals surface area contributed by atoms with Gasteiger partial charge in [-0.2, -0.15) is 5.10 Å². The summed E-state index contributed by atoms with van der Waals surface area (Å²) < 4.78 is 15.0. The van der Waals surface area contributed by atoms with Crippen LogP contribution < -0.4 is 20.2 Å². The zero-order valence-corrected chi connectivity index (χ0v) is 12.9. The summed E-state index contributed by atoms with van der Waals surface area (Å²) in [5, 5.41) is 6.71. The average molecular weight is 335 g/mol. The molecule has 1 amide bonds. The maximum Gasteiger partial charge on any atom is 0.331 e. The van der Waals surface area contributed by atoms with Gasteiger partial charge in [0.25, 0.3) is 5.91 Å². The van der Waals surface area contributed by atoms with Gasteiger partial charge in [-0.1, -0.05) is 11.8 Å². The van der Waals surface area contributed by atoms with Gasteiger partial charge in [0.05, 0.1) is 18.2 Å². The van der Waals surface area contributed by atoms with Crippen molar-refractivity contribution in [2.75, 3.05) is 13.9 Å². The van der Waals surface area contributed by atoms with Crippen LogP contribution in [0.15, 0.2) is 34.3 Å². The number of hydrogen-bond acceptors (Lipinski definition) is 8. The molecule has 120 valence electrons. The molecule has 1 atom stereocenters. The van der Waals surface area contributed by atoms with Crippen LogP contribution in [0.25, 0.3) is 0 Å². The molecule has 1 aromatic carbocycles. The lowest BCUT2D eigenvalue weighted by molar-refractivity contribution is -0.135. The molecule has 2 heterocycles. The molecule has 9 heteroatoms. The summed E-state index contributed by atoms with van der Waals surface area (Å²) in [6, 6.07) is 5.44. The largest absolute Gasteiger partial charge is 0.466 e. The van der Waals surface area contributed by atoms with E-state index in [1.54, 1.807) is 18.3 Å². The molecule has 0 aromatic heterocycles. The standard InChI is InChI=1S/C14H13N3O5S/c1-20-12(18)5-11-13(19)16-14(23-11)17-15-6-8-2-3-9-10(4-8)22-7-21-9/h2-6,14,17H,7H2,1H3,(H,16,19)/b11-5+,15-6+. The molecular formula is C14H13N3O5S. The van der Waals surface area contributed by atoms with Gasteiger partial charge in [-0.15, -0.1) is 0 Å². The van der Waals surface area contributed by atoms with E-state index in [9.17, 15) is 9.59 Å². The Morgan fingerprint density at radius 1 is 1.48 bits per heavy atom. The number of hydrazone groups is 1. The summed E-state index contributed by atoms with van der Waals surface area (Å²) in [6.45, 7) is 0.216. The highest BCUT2D eigenvalue weighted by Crippen LogP contribution is 2.32. The van der Waals surface area contributed by atoms with Crippen LogP contribution in [-0.2, 0) is 14.3 Å². The number of benzene rings is 1. The molecule has 0 spiro atoms. The number of carbonyl (C=O) groups excluding carboxylic acids is 2. The Balaban J connectivity index is 1.58. The Labute approximate surface area is 135 Å². The van der Waals surface area contributed by atoms with E-state index in [-0.39, 0.29) is 17.6 Å². The molecule has 2 N–H and O–H groups in total. The number of rotatable bonds is 4. The van der Waals surface area contributed by atoms with Crippen molar-refractivity contribution in [2.24, 2.45) is 5.10 Å². The van der Waals surface area contributed by atoms with Crippen LogP contribution in [0.1, 0.15) is 5.56 Å². The molecule has 23 heavy (non-hydrogen) atoms. The molecular weight excluding hydrogens is 322 g/mol. The average Bonchev–Trinajstić information content (AvgIpc) is 3.14. The van der Waals surface area contributed by atoms with E-state index in [2.05, 4.69) is 20.6 Å². The minimum atomic E-state index is -0.577. The second-order valence-electron chi connectivity index (χ2n) is 4.50. The highest BCUT2D eigenvalue weighted by Gasteiger charge is 2.27. The number of nitrogens with zero attached hydrogens (tertiary/aromatic N) is 1. The van der Waals surface area contributed by atoms with Crippen molar-refractivity contribution in [1.29, 1.82) is 0 Å². The van der Waals surface area contributed by atoms with Crippen molar-refractivity contribution in [3.63, 3.8) is 0 Å². The summed E-state index contributed by atoms with van der Waals surface area (Å²) in [5.74, 6) is 0.440. The van der Waals surface area contributed by atoms with E-state index in [0.717, 1.165) is 23.4 Å². The number of methoxy groups -OCH3 is 1. The van der Waals surface area contributed by atoms with Gasteiger partial charge < -0.3 is 19.5 Å². The molecule has 2 aliphatic rings. The van der Waals surface area contributed by atoms with Gasteiger partial charge in [-0.3, -0.25) is 10.2 Å². The minimum Gasteiger partial charge on any atom is -0.466 e. The monoisotopic (exact) mass is 335 g/mol. The van der Waals surface area contributed by atoms with Crippen LogP contribution in [0.4, 0.5) is 0 Å². The predicted molar refractivity (Wildman–Crippen MR) is 82.9 cm³/mol. The smallest absolute Gasteiger partial charge is 0.331 e. The van der Waals surface area contributed by atoms with Crippen molar-refractivity contribution in [1.82, 2.24) is 10.7 Å². The van der Waals surface area contributed by atoms with E-state index >= 15 is 0 Å². The molecule has 1 unspecified atom stereocenters. The molecule has 1 aromatic rings. The number of esters is 1. The first kappa shape index (κ1) is 15.2. The van der Waals surface area contributed by atoms with Gasteiger partial charge in [0.1, 0.15) is 0 Å². The minimum absolute atomic E-state index is 0.216. The van der Waals surface area contributed by atoms with E-state index in [0.29, 0.717) is 11.5 Å². The highest BCUT2D eigenvalue weighted by atomic mass is 32.2. The summed E-state index contributed by atoms with van der Waals surface area (Å²) in [6.07, 6.45) is 2.74. The van der Waals surface area contributed by atoms with Gasteiger partial charge in [0.2, 0.25) is 6.79 Å². The maximum atomic E-state index is 11.7. The molecule has 0 aliphatic carbocycles. The molecule has 0 bridgehead atoms. The Bertz CT molecular complexity index is 704. The van der Waals surface area contributed by atoms with Crippen LogP contribution in [0.3, 0.4) is 0 Å². The second-order valence-corrected chi connectivity index (χ2v) is 5.65. The molecule has 0 saturated carbocycles. The van der Waals surface area contributed by atoms with E-state index in [4.69, 9.17) is 9.47 Å². The summed E-state index contributed by atoms with van der Waals surface area (Å²) in [5.41, 5.74) is 3.15. The van der Waals surface area contributed by atoms with Crippen molar-refractivity contribution in [2.45, 2.75) is 5.50 Å². The van der Waals surface area contributed by atoms with E-state index in [1.165, 1.54) is 7.11 Å². The predicted octanol–water partition coefficient (Wildman–Crippen LogP) is 0.542.